The van der Waals surface area contributed by atoms with E-state index in [1.807, 2.05) is 0 Å². The lowest BCUT2D eigenvalue weighted by atomic mass is 9.80. The Labute approximate surface area is 188 Å². The maximum atomic E-state index is 4.63. The van der Waals surface area contributed by atoms with Crippen LogP contribution in [0.2, 0.25) is 0 Å². The predicted molar refractivity (Wildman–Crippen MR) is 133 cm³/mol. The van der Waals surface area contributed by atoms with Gasteiger partial charge in [-0.25, -0.2) is 0 Å². The molecule has 4 heteroatoms. The molecule has 1 aliphatic heterocycles. The third-order valence-electron chi connectivity index (χ3n) is 7.07. The molecule has 0 radical (unpaired) electrons. The maximum absolute atomic E-state index is 4.63. The van der Waals surface area contributed by atoms with E-state index in [0.717, 1.165) is 24.4 Å². The van der Waals surface area contributed by atoms with Crippen LogP contribution in [0.3, 0.4) is 0 Å². The number of hydrogen-bond donors (Lipinski definition) is 0. The molecule has 1 aliphatic rings. The van der Waals surface area contributed by atoms with E-state index in [2.05, 4.69) is 123 Å². The van der Waals surface area contributed by atoms with Gasteiger partial charge in [-0.15, -0.1) is 0 Å². The second kappa shape index (κ2) is 9.38. The van der Waals surface area contributed by atoms with Gasteiger partial charge >= 0.3 is 0 Å². The molecule has 3 atom stereocenters. The summed E-state index contributed by atoms with van der Waals surface area (Å²) < 4.78 is 0. The molecule has 30 heavy (non-hydrogen) atoms. The minimum atomic E-state index is 0.0104. The summed E-state index contributed by atoms with van der Waals surface area (Å²) >= 11 is 0. The summed E-state index contributed by atoms with van der Waals surface area (Å²) in [6, 6.07) is 0.647. The van der Waals surface area contributed by atoms with Crippen LogP contribution in [-0.2, 0) is 0 Å². The van der Waals surface area contributed by atoms with Gasteiger partial charge in [0.15, 0.2) is 0 Å². The normalized spacial score (nSPS) is 22.2. The monoisotopic (exact) mass is 418 g/mol. The molecule has 0 bridgehead atoms. The quantitative estimate of drug-likeness (QED) is 0.479. The van der Waals surface area contributed by atoms with Crippen molar-refractivity contribution in [3.8, 4) is 0 Å². The summed E-state index contributed by atoms with van der Waals surface area (Å²) in [5.41, 5.74) is 3.56. The Bertz CT molecular complexity index is 643. The Hall–Kier alpha value is -1.42. The fraction of sp³-hybridized carbons (Fsp3) is 0.769. The summed E-state index contributed by atoms with van der Waals surface area (Å²) in [7, 11) is 8.52. The molecule has 174 valence electrons. The van der Waals surface area contributed by atoms with Crippen molar-refractivity contribution in [3.63, 3.8) is 0 Å². The molecule has 1 fully saturated rings. The number of nitrogens with zero attached hydrogens (tertiary/aromatic N) is 4. The molecule has 4 nitrogen and oxygen atoms in total. The van der Waals surface area contributed by atoms with E-state index in [1.54, 1.807) is 0 Å². The molecule has 1 rings (SSSR count). The van der Waals surface area contributed by atoms with E-state index in [-0.39, 0.29) is 29.1 Å². The number of likely N-dealkylation sites (tertiary alicyclic amines) is 1. The van der Waals surface area contributed by atoms with Crippen molar-refractivity contribution in [3.05, 3.63) is 36.8 Å². The minimum Gasteiger partial charge on any atom is -0.376 e. The summed E-state index contributed by atoms with van der Waals surface area (Å²) in [6.07, 6.45) is 1.10. The summed E-state index contributed by atoms with van der Waals surface area (Å²) in [4.78, 5) is 9.38. The van der Waals surface area contributed by atoms with Crippen LogP contribution in [0.4, 0.5) is 0 Å². The average molecular weight is 419 g/mol. The fourth-order valence-electron chi connectivity index (χ4n) is 5.29. The summed E-state index contributed by atoms with van der Waals surface area (Å²) in [5, 5.41) is 0. The molecule has 3 unspecified atom stereocenters. The highest BCUT2D eigenvalue weighted by Crippen LogP contribution is 2.51. The van der Waals surface area contributed by atoms with Crippen molar-refractivity contribution in [1.82, 2.24) is 19.6 Å². The molecule has 1 heterocycles. The SMILES string of the molecule is C=C(C1N(C(=C)C(C)N(C)C(=C)C(C)N(C)C)C(C)(C)CC1(C)C)N(C)CC(C)C. The van der Waals surface area contributed by atoms with Crippen molar-refractivity contribution < 1.29 is 0 Å². The maximum Gasteiger partial charge on any atom is 0.0739 e. The summed E-state index contributed by atoms with van der Waals surface area (Å²) in [5.74, 6) is 0.599. The minimum absolute atomic E-state index is 0.0104. The second-order valence-electron chi connectivity index (χ2n) is 11.4. The van der Waals surface area contributed by atoms with Crippen molar-refractivity contribution in [2.75, 3.05) is 34.7 Å². The zero-order chi connectivity index (χ0) is 23.8. The van der Waals surface area contributed by atoms with Crippen LogP contribution < -0.4 is 0 Å². The van der Waals surface area contributed by atoms with E-state index < -0.39 is 0 Å². The standard InChI is InChI=1S/C26H50N4/c1-18(2)16-28(14)23(7)24-25(8,9)17-26(10,11)30(24)22(6)21(5)29(15)20(4)19(3)27(12)13/h18-19,21,24H,4,6-7,16-17H2,1-3,5,8-15H3. The lowest BCUT2D eigenvalue weighted by Crippen LogP contribution is -2.51. The van der Waals surface area contributed by atoms with Gasteiger partial charge in [0.1, 0.15) is 0 Å². The van der Waals surface area contributed by atoms with E-state index in [4.69, 9.17) is 0 Å². The molecule has 0 aromatic heterocycles. The van der Waals surface area contributed by atoms with Crippen LogP contribution in [0.25, 0.3) is 0 Å². The highest BCUT2D eigenvalue weighted by atomic mass is 15.3. The van der Waals surface area contributed by atoms with Gasteiger partial charge in [0, 0.05) is 49.3 Å². The zero-order valence-corrected chi connectivity index (χ0v) is 22.1. The van der Waals surface area contributed by atoms with Gasteiger partial charge in [0.05, 0.1) is 12.1 Å². The molecule has 0 aromatic rings. The first-order chi connectivity index (χ1) is 13.5. The highest BCUT2D eigenvalue weighted by Gasteiger charge is 2.53. The van der Waals surface area contributed by atoms with Gasteiger partial charge in [-0.1, -0.05) is 47.4 Å². The van der Waals surface area contributed by atoms with Gasteiger partial charge in [0.2, 0.25) is 0 Å². The molecular weight excluding hydrogens is 368 g/mol. The van der Waals surface area contributed by atoms with Crippen molar-refractivity contribution in [2.45, 2.75) is 85.5 Å². The first-order valence-corrected chi connectivity index (χ1v) is 11.4. The lowest BCUT2D eigenvalue weighted by Gasteiger charge is -2.47. The van der Waals surface area contributed by atoms with E-state index >= 15 is 0 Å². The van der Waals surface area contributed by atoms with Gasteiger partial charge in [-0.2, -0.15) is 0 Å². The molecule has 0 aromatic carbocycles. The third-order valence-corrected chi connectivity index (χ3v) is 7.07. The number of rotatable bonds is 10. The van der Waals surface area contributed by atoms with Gasteiger partial charge in [0.25, 0.3) is 0 Å². The van der Waals surface area contributed by atoms with Crippen LogP contribution in [-0.4, -0.2) is 78.0 Å². The molecule has 0 amide bonds. The third kappa shape index (κ3) is 5.43. The number of hydrogen-bond acceptors (Lipinski definition) is 4. The molecule has 1 saturated heterocycles. The van der Waals surface area contributed by atoms with E-state index in [0.29, 0.717) is 5.92 Å². The van der Waals surface area contributed by atoms with E-state index in [1.165, 1.54) is 5.70 Å². The van der Waals surface area contributed by atoms with Crippen molar-refractivity contribution >= 4 is 0 Å². The van der Waals surface area contributed by atoms with Crippen LogP contribution in [0.1, 0.15) is 61.8 Å². The second-order valence-corrected chi connectivity index (χ2v) is 11.4. The van der Waals surface area contributed by atoms with E-state index in [9.17, 15) is 0 Å². The van der Waals surface area contributed by atoms with Crippen LogP contribution >= 0.6 is 0 Å². The first kappa shape index (κ1) is 26.6. The van der Waals surface area contributed by atoms with Crippen LogP contribution in [0.15, 0.2) is 36.8 Å². The molecule has 0 N–H and O–H groups in total. The Morgan fingerprint density at radius 1 is 0.933 bits per heavy atom. The van der Waals surface area contributed by atoms with Gasteiger partial charge in [-0.3, -0.25) is 0 Å². The average Bonchev–Trinajstić information content (AvgIpc) is 2.80. The largest absolute Gasteiger partial charge is 0.376 e. The Kier molecular flexibility index (Phi) is 8.32. The molecule has 0 saturated carbocycles. The predicted octanol–water partition coefficient (Wildman–Crippen LogP) is 5.26. The smallest absolute Gasteiger partial charge is 0.0739 e. The van der Waals surface area contributed by atoms with Crippen molar-refractivity contribution in [2.24, 2.45) is 11.3 Å². The first-order valence-electron chi connectivity index (χ1n) is 11.4. The van der Waals surface area contributed by atoms with Crippen LogP contribution in [0.5, 0.6) is 0 Å². The van der Waals surface area contributed by atoms with Gasteiger partial charge < -0.3 is 19.6 Å². The van der Waals surface area contributed by atoms with Crippen molar-refractivity contribution in [1.29, 1.82) is 0 Å². The van der Waals surface area contributed by atoms with Gasteiger partial charge in [-0.05, 0) is 59.5 Å². The molecule has 0 spiro atoms. The molecule has 0 aliphatic carbocycles. The fourth-order valence-corrected chi connectivity index (χ4v) is 5.29. The topological polar surface area (TPSA) is 13.0 Å². The Morgan fingerprint density at radius 3 is 1.87 bits per heavy atom. The summed E-state index contributed by atoms with van der Waals surface area (Å²) in [6.45, 7) is 33.0. The zero-order valence-electron chi connectivity index (χ0n) is 22.1. The lowest BCUT2D eigenvalue weighted by molar-refractivity contribution is 0.128. The highest BCUT2D eigenvalue weighted by molar-refractivity contribution is 5.26. The Morgan fingerprint density at radius 2 is 1.43 bits per heavy atom. The molecular formula is C26H50N4. The number of likely N-dealkylation sites (N-methyl/N-ethyl adjacent to an activating group) is 3. The van der Waals surface area contributed by atoms with Crippen LogP contribution in [0, 0.1) is 11.3 Å². The Balaban J connectivity index is 3.27.